The smallest absolute Gasteiger partial charge is 0.264 e. The minimum absolute atomic E-state index is 0.0198. The molecule has 1 heterocycles. The molecule has 0 saturated carbocycles. The predicted molar refractivity (Wildman–Crippen MR) is 82.9 cm³/mol. The molecule has 120 valence electrons. The van der Waals surface area contributed by atoms with E-state index in [1.165, 1.54) is 19.2 Å². The molecular formula is C16H14FNO4S. The van der Waals surface area contributed by atoms with Crippen LogP contribution in [0.15, 0.2) is 47.4 Å². The number of rotatable bonds is 3. The van der Waals surface area contributed by atoms with Gasteiger partial charge in [0.15, 0.2) is 5.78 Å². The number of hydrogen-bond acceptors (Lipinski definition) is 4. The van der Waals surface area contributed by atoms with E-state index in [4.69, 9.17) is 4.74 Å². The SMILES string of the molecule is COc1cccc2c1N(S(=O)(=O)c1ccc(F)cc1)CCC2=O. The number of carbonyl (C=O) groups excluding carboxylic acids is 1. The van der Waals surface area contributed by atoms with Gasteiger partial charge in [0.25, 0.3) is 10.0 Å². The van der Waals surface area contributed by atoms with Crippen LogP contribution in [0.3, 0.4) is 0 Å². The first-order valence-corrected chi connectivity index (χ1v) is 8.37. The van der Waals surface area contributed by atoms with Gasteiger partial charge in [-0.15, -0.1) is 0 Å². The average molecular weight is 335 g/mol. The van der Waals surface area contributed by atoms with Crippen molar-refractivity contribution in [1.82, 2.24) is 0 Å². The monoisotopic (exact) mass is 335 g/mol. The number of sulfonamides is 1. The van der Waals surface area contributed by atoms with E-state index in [-0.39, 0.29) is 29.3 Å². The van der Waals surface area contributed by atoms with Crippen LogP contribution < -0.4 is 9.04 Å². The topological polar surface area (TPSA) is 63.7 Å². The first-order valence-electron chi connectivity index (χ1n) is 6.93. The van der Waals surface area contributed by atoms with Gasteiger partial charge in [0, 0.05) is 18.5 Å². The van der Waals surface area contributed by atoms with Gasteiger partial charge in [0.1, 0.15) is 17.3 Å². The van der Waals surface area contributed by atoms with E-state index in [0.717, 1.165) is 16.4 Å². The highest BCUT2D eigenvalue weighted by Crippen LogP contribution is 2.39. The number of halogens is 1. The summed E-state index contributed by atoms with van der Waals surface area (Å²) in [4.78, 5) is 12.0. The molecule has 0 atom stereocenters. The van der Waals surface area contributed by atoms with Crippen LogP contribution in [0.4, 0.5) is 10.1 Å². The summed E-state index contributed by atoms with van der Waals surface area (Å²) in [7, 11) is -2.50. The summed E-state index contributed by atoms with van der Waals surface area (Å²) in [6, 6.07) is 9.41. The molecule has 23 heavy (non-hydrogen) atoms. The molecule has 5 nitrogen and oxygen atoms in total. The van der Waals surface area contributed by atoms with Crippen molar-refractivity contribution in [2.75, 3.05) is 18.0 Å². The van der Waals surface area contributed by atoms with Crippen molar-refractivity contribution in [1.29, 1.82) is 0 Å². The molecule has 0 amide bonds. The molecule has 0 radical (unpaired) electrons. The summed E-state index contributed by atoms with van der Waals surface area (Å²) in [5, 5.41) is 0. The number of ketones is 1. The molecule has 3 rings (SSSR count). The molecule has 2 aromatic carbocycles. The van der Waals surface area contributed by atoms with Gasteiger partial charge >= 0.3 is 0 Å². The highest BCUT2D eigenvalue weighted by Gasteiger charge is 2.34. The molecular weight excluding hydrogens is 321 g/mol. The fourth-order valence-electron chi connectivity index (χ4n) is 2.59. The first-order chi connectivity index (χ1) is 10.9. The largest absolute Gasteiger partial charge is 0.495 e. The lowest BCUT2D eigenvalue weighted by molar-refractivity contribution is 0.0981. The maximum atomic E-state index is 13.1. The maximum absolute atomic E-state index is 13.1. The van der Waals surface area contributed by atoms with E-state index < -0.39 is 15.8 Å². The average Bonchev–Trinajstić information content (AvgIpc) is 2.55. The van der Waals surface area contributed by atoms with Crippen molar-refractivity contribution < 1.29 is 22.3 Å². The number of nitrogens with zero attached hydrogens (tertiary/aromatic N) is 1. The highest BCUT2D eigenvalue weighted by molar-refractivity contribution is 7.92. The van der Waals surface area contributed by atoms with Crippen molar-refractivity contribution >= 4 is 21.5 Å². The van der Waals surface area contributed by atoms with Gasteiger partial charge in [-0.25, -0.2) is 12.8 Å². The quantitative estimate of drug-likeness (QED) is 0.865. The second kappa shape index (κ2) is 5.66. The van der Waals surface area contributed by atoms with E-state index in [1.807, 2.05) is 0 Å². The summed E-state index contributed by atoms with van der Waals surface area (Å²) in [5.41, 5.74) is 0.539. The standard InChI is InChI=1S/C16H14FNO4S/c1-22-15-4-2-3-13-14(19)9-10-18(16(13)15)23(20,21)12-7-5-11(17)6-8-12/h2-8H,9-10H2,1H3. The molecule has 0 spiro atoms. The number of carbonyl (C=O) groups is 1. The molecule has 2 aromatic rings. The third-order valence-corrected chi connectivity index (χ3v) is 5.53. The fourth-order valence-corrected chi connectivity index (χ4v) is 4.09. The number of ether oxygens (including phenoxy) is 1. The van der Waals surface area contributed by atoms with Crippen molar-refractivity contribution in [2.24, 2.45) is 0 Å². The Morgan fingerprint density at radius 1 is 1.13 bits per heavy atom. The number of para-hydroxylation sites is 1. The molecule has 0 unspecified atom stereocenters. The van der Waals surface area contributed by atoms with Crippen LogP contribution in [0.5, 0.6) is 5.75 Å². The normalized spacial score (nSPS) is 14.5. The molecule has 7 heteroatoms. The fraction of sp³-hybridized carbons (Fsp3) is 0.188. The second-order valence-electron chi connectivity index (χ2n) is 5.06. The zero-order valence-electron chi connectivity index (χ0n) is 12.3. The van der Waals surface area contributed by atoms with E-state index in [9.17, 15) is 17.6 Å². The molecule has 0 saturated heterocycles. The Labute approximate surface area is 133 Å². The van der Waals surface area contributed by atoms with Gasteiger partial charge in [-0.1, -0.05) is 6.07 Å². The van der Waals surface area contributed by atoms with Crippen LogP contribution in [-0.4, -0.2) is 27.9 Å². The number of anilines is 1. The Morgan fingerprint density at radius 2 is 1.83 bits per heavy atom. The highest BCUT2D eigenvalue weighted by atomic mass is 32.2. The zero-order chi connectivity index (χ0) is 16.6. The molecule has 0 N–H and O–H groups in total. The van der Waals surface area contributed by atoms with Crippen LogP contribution in [0.1, 0.15) is 16.8 Å². The van der Waals surface area contributed by atoms with Crippen LogP contribution in [0, 0.1) is 5.82 Å². The van der Waals surface area contributed by atoms with E-state index >= 15 is 0 Å². The number of fused-ring (bicyclic) bond motifs is 1. The number of benzene rings is 2. The third kappa shape index (κ3) is 2.57. The van der Waals surface area contributed by atoms with Crippen LogP contribution in [0.25, 0.3) is 0 Å². The van der Waals surface area contributed by atoms with E-state index in [1.54, 1.807) is 18.2 Å². The Bertz CT molecular complexity index is 862. The Hall–Kier alpha value is -2.41. The van der Waals surface area contributed by atoms with Gasteiger partial charge in [-0.05, 0) is 36.4 Å². The van der Waals surface area contributed by atoms with E-state index in [2.05, 4.69) is 0 Å². The van der Waals surface area contributed by atoms with Crippen molar-refractivity contribution in [3.8, 4) is 5.75 Å². The Kier molecular flexibility index (Phi) is 3.81. The van der Waals surface area contributed by atoms with Crippen LogP contribution >= 0.6 is 0 Å². The summed E-state index contributed by atoms with van der Waals surface area (Å²) in [5.74, 6) is -0.346. The Balaban J connectivity index is 2.17. The molecule has 0 bridgehead atoms. The lowest BCUT2D eigenvalue weighted by atomic mass is 10.0. The van der Waals surface area contributed by atoms with Crippen molar-refractivity contribution in [3.63, 3.8) is 0 Å². The van der Waals surface area contributed by atoms with Crippen molar-refractivity contribution in [3.05, 3.63) is 53.8 Å². The Morgan fingerprint density at radius 3 is 2.48 bits per heavy atom. The minimum atomic E-state index is -3.91. The maximum Gasteiger partial charge on any atom is 0.264 e. The second-order valence-corrected chi connectivity index (χ2v) is 6.92. The third-order valence-electron chi connectivity index (χ3n) is 3.71. The predicted octanol–water partition coefficient (Wildman–Crippen LogP) is 2.62. The molecule has 0 aromatic heterocycles. The summed E-state index contributed by atoms with van der Waals surface area (Å²) in [6.07, 6.45) is 0.0839. The summed E-state index contributed by atoms with van der Waals surface area (Å²) >= 11 is 0. The van der Waals surface area contributed by atoms with Gasteiger partial charge in [0.05, 0.1) is 12.0 Å². The number of methoxy groups -OCH3 is 1. The van der Waals surface area contributed by atoms with Gasteiger partial charge in [-0.3, -0.25) is 9.10 Å². The number of hydrogen-bond donors (Lipinski definition) is 0. The lowest BCUT2D eigenvalue weighted by Crippen LogP contribution is -2.37. The summed E-state index contributed by atoms with van der Waals surface area (Å²) in [6.45, 7) is 0.0198. The van der Waals surface area contributed by atoms with Gasteiger partial charge in [-0.2, -0.15) is 0 Å². The summed E-state index contributed by atoms with van der Waals surface area (Å²) < 4.78 is 45.2. The number of Topliss-reactive ketones (excluding diaryl/α,β-unsaturated/α-hetero) is 1. The molecule has 1 aliphatic rings. The van der Waals surface area contributed by atoms with Gasteiger partial charge < -0.3 is 4.74 Å². The van der Waals surface area contributed by atoms with Crippen molar-refractivity contribution in [2.45, 2.75) is 11.3 Å². The van der Waals surface area contributed by atoms with Crippen LogP contribution in [0.2, 0.25) is 0 Å². The first kappa shape index (κ1) is 15.5. The molecule has 0 fully saturated rings. The molecule has 0 aliphatic carbocycles. The zero-order valence-corrected chi connectivity index (χ0v) is 13.1. The minimum Gasteiger partial charge on any atom is -0.495 e. The van der Waals surface area contributed by atoms with Crippen LogP contribution in [-0.2, 0) is 10.0 Å². The van der Waals surface area contributed by atoms with Gasteiger partial charge in [0.2, 0.25) is 0 Å². The lowest BCUT2D eigenvalue weighted by Gasteiger charge is -2.31. The molecule has 1 aliphatic heterocycles. The van der Waals surface area contributed by atoms with E-state index in [0.29, 0.717) is 11.3 Å².